The van der Waals surface area contributed by atoms with E-state index in [1.807, 2.05) is 49.4 Å². The van der Waals surface area contributed by atoms with E-state index in [-0.39, 0.29) is 0 Å². The van der Waals surface area contributed by atoms with Crippen molar-refractivity contribution in [3.8, 4) is 23.0 Å². The van der Waals surface area contributed by atoms with Gasteiger partial charge in [0.15, 0.2) is 17.1 Å². The molecule has 0 N–H and O–H groups in total. The normalized spacial score (nSPS) is 11.4. The Balaban J connectivity index is 1.75. The summed E-state index contributed by atoms with van der Waals surface area (Å²) in [6.07, 6.45) is 1.71. The number of hydrogen-bond acceptors (Lipinski definition) is 5. The zero-order chi connectivity index (χ0) is 20.1. The van der Waals surface area contributed by atoms with Gasteiger partial charge in [-0.15, -0.1) is 5.10 Å². The Labute approximate surface area is 167 Å². The molecule has 0 saturated heterocycles. The molecule has 0 unspecified atom stereocenters. The summed E-state index contributed by atoms with van der Waals surface area (Å²) in [5, 5.41) is 5.62. The zero-order valence-corrected chi connectivity index (χ0v) is 16.7. The lowest BCUT2D eigenvalue weighted by molar-refractivity contribution is 0.415. The topological polar surface area (TPSA) is 70.1 Å². The van der Waals surface area contributed by atoms with Gasteiger partial charge in [0.05, 0.1) is 12.5 Å². The van der Waals surface area contributed by atoms with Crippen LogP contribution in [0.2, 0.25) is 0 Å². The van der Waals surface area contributed by atoms with Crippen molar-refractivity contribution in [3.63, 3.8) is 0 Å². The smallest absolute Gasteiger partial charge is 0.182 e. The summed E-state index contributed by atoms with van der Waals surface area (Å²) < 4.78 is 9.06. The molecule has 0 fully saturated rings. The third kappa shape index (κ3) is 2.66. The maximum Gasteiger partial charge on any atom is 0.182 e. The van der Waals surface area contributed by atoms with E-state index in [0.717, 1.165) is 50.8 Å². The first-order valence-electron chi connectivity index (χ1n) is 9.38. The Kier molecular flexibility index (Phi) is 3.84. The highest BCUT2D eigenvalue weighted by Crippen LogP contribution is 2.30. The first kappa shape index (κ1) is 17.4. The van der Waals surface area contributed by atoms with Gasteiger partial charge < -0.3 is 4.74 Å². The van der Waals surface area contributed by atoms with Crippen molar-refractivity contribution in [1.29, 1.82) is 0 Å². The van der Waals surface area contributed by atoms with E-state index >= 15 is 0 Å². The molecule has 0 bridgehead atoms. The van der Waals surface area contributed by atoms with Crippen LogP contribution >= 0.6 is 0 Å². The number of rotatable bonds is 3. The number of benzene rings is 1. The first-order chi connectivity index (χ1) is 14.1. The second-order valence-corrected chi connectivity index (χ2v) is 7.06. The van der Waals surface area contributed by atoms with Crippen molar-refractivity contribution in [2.24, 2.45) is 0 Å². The molecule has 4 aromatic heterocycles. The lowest BCUT2D eigenvalue weighted by atomic mass is 10.2. The van der Waals surface area contributed by atoms with Crippen LogP contribution in [0.5, 0.6) is 5.75 Å². The lowest BCUT2D eigenvalue weighted by Gasteiger charge is -2.07. The summed E-state index contributed by atoms with van der Waals surface area (Å²) in [5.41, 5.74) is 5.72. The molecule has 144 valence electrons. The predicted molar refractivity (Wildman–Crippen MR) is 112 cm³/mol. The van der Waals surface area contributed by atoms with Gasteiger partial charge >= 0.3 is 0 Å². The summed E-state index contributed by atoms with van der Waals surface area (Å²) in [4.78, 5) is 14.2. The van der Waals surface area contributed by atoms with Crippen molar-refractivity contribution < 1.29 is 4.74 Å². The average Bonchev–Trinajstić information content (AvgIpc) is 3.27. The van der Waals surface area contributed by atoms with E-state index < -0.39 is 0 Å². The van der Waals surface area contributed by atoms with Crippen LogP contribution in [0, 0.1) is 20.8 Å². The largest absolute Gasteiger partial charge is 0.497 e. The second kappa shape index (κ2) is 6.41. The van der Waals surface area contributed by atoms with E-state index in [2.05, 4.69) is 28.5 Å². The molecular weight excluding hydrogens is 364 g/mol. The van der Waals surface area contributed by atoms with E-state index in [0.29, 0.717) is 5.82 Å². The molecule has 0 aliphatic heterocycles. The fraction of sp³-hybridized carbons (Fsp3) is 0.182. The number of methoxy groups -OCH3 is 1. The molecule has 0 spiro atoms. The minimum Gasteiger partial charge on any atom is -0.497 e. The minimum atomic E-state index is 0.653. The van der Waals surface area contributed by atoms with Crippen LogP contribution in [0.3, 0.4) is 0 Å². The SMILES string of the molecule is COc1ccc(-c2nc3c4c(C)c(C)n(-c5cccc(C)n5)c4ncn3n2)cc1. The van der Waals surface area contributed by atoms with Crippen LogP contribution in [0.25, 0.3) is 33.9 Å². The summed E-state index contributed by atoms with van der Waals surface area (Å²) in [7, 11) is 1.65. The monoisotopic (exact) mass is 384 g/mol. The number of pyridine rings is 1. The molecule has 4 heterocycles. The van der Waals surface area contributed by atoms with E-state index in [1.54, 1.807) is 18.0 Å². The summed E-state index contributed by atoms with van der Waals surface area (Å²) in [6, 6.07) is 13.7. The van der Waals surface area contributed by atoms with Gasteiger partial charge in [0.25, 0.3) is 0 Å². The maximum atomic E-state index is 5.24. The molecule has 7 nitrogen and oxygen atoms in total. The van der Waals surface area contributed by atoms with Crippen LogP contribution in [0.15, 0.2) is 48.8 Å². The van der Waals surface area contributed by atoms with Crippen LogP contribution in [-0.4, -0.2) is 36.2 Å². The summed E-state index contributed by atoms with van der Waals surface area (Å²) >= 11 is 0. The fourth-order valence-corrected chi connectivity index (χ4v) is 3.66. The molecule has 7 heteroatoms. The van der Waals surface area contributed by atoms with Gasteiger partial charge in [-0.3, -0.25) is 4.57 Å². The predicted octanol–water partition coefficient (Wildman–Crippen LogP) is 4.06. The van der Waals surface area contributed by atoms with Gasteiger partial charge in [-0.05, 0) is 62.7 Å². The standard InChI is InChI=1S/C22H20N6O/c1-13-6-5-7-18(24-13)28-15(3)14(2)19-21(28)23-12-27-22(19)25-20(26-27)16-8-10-17(29-4)11-9-16/h5-12H,1-4H3. The summed E-state index contributed by atoms with van der Waals surface area (Å²) in [5.74, 6) is 2.31. The van der Waals surface area contributed by atoms with Crippen molar-refractivity contribution in [1.82, 2.24) is 29.1 Å². The molecule has 5 rings (SSSR count). The van der Waals surface area contributed by atoms with Gasteiger partial charge in [-0.2, -0.15) is 0 Å². The third-order valence-corrected chi connectivity index (χ3v) is 5.28. The number of aryl methyl sites for hydroxylation is 2. The Morgan fingerprint density at radius 1 is 0.897 bits per heavy atom. The van der Waals surface area contributed by atoms with Crippen LogP contribution in [0.1, 0.15) is 17.0 Å². The van der Waals surface area contributed by atoms with Crippen molar-refractivity contribution in [2.75, 3.05) is 7.11 Å². The summed E-state index contributed by atoms with van der Waals surface area (Å²) in [6.45, 7) is 6.16. The highest BCUT2D eigenvalue weighted by atomic mass is 16.5. The molecule has 0 radical (unpaired) electrons. The number of aromatic nitrogens is 6. The van der Waals surface area contributed by atoms with Crippen molar-refractivity contribution in [2.45, 2.75) is 20.8 Å². The molecule has 29 heavy (non-hydrogen) atoms. The Morgan fingerprint density at radius 3 is 2.41 bits per heavy atom. The Morgan fingerprint density at radius 2 is 1.69 bits per heavy atom. The Hall–Kier alpha value is -3.74. The highest BCUT2D eigenvalue weighted by Gasteiger charge is 2.19. The van der Waals surface area contributed by atoms with E-state index in [9.17, 15) is 0 Å². The van der Waals surface area contributed by atoms with Gasteiger partial charge in [0.2, 0.25) is 0 Å². The van der Waals surface area contributed by atoms with Gasteiger partial charge in [-0.1, -0.05) is 6.07 Å². The van der Waals surface area contributed by atoms with Gasteiger partial charge in [0.1, 0.15) is 17.9 Å². The quantitative estimate of drug-likeness (QED) is 0.469. The van der Waals surface area contributed by atoms with Crippen LogP contribution in [0.4, 0.5) is 0 Å². The molecule has 0 amide bonds. The van der Waals surface area contributed by atoms with Crippen LogP contribution < -0.4 is 4.74 Å². The highest BCUT2D eigenvalue weighted by molar-refractivity contribution is 5.95. The molecule has 0 aliphatic rings. The molecule has 5 aromatic rings. The van der Waals surface area contributed by atoms with Crippen molar-refractivity contribution >= 4 is 16.7 Å². The average molecular weight is 384 g/mol. The third-order valence-electron chi connectivity index (χ3n) is 5.28. The molecule has 0 saturated carbocycles. The number of ether oxygens (including phenoxy) is 1. The van der Waals surface area contributed by atoms with E-state index in [1.165, 1.54) is 0 Å². The Bertz CT molecular complexity index is 1360. The maximum absolute atomic E-state index is 5.24. The minimum absolute atomic E-state index is 0.653. The number of fused-ring (bicyclic) bond motifs is 3. The molecule has 0 aliphatic carbocycles. The van der Waals surface area contributed by atoms with E-state index in [4.69, 9.17) is 14.7 Å². The molecule has 1 aromatic carbocycles. The molecular formula is C22H20N6O. The van der Waals surface area contributed by atoms with Gasteiger partial charge in [-0.25, -0.2) is 19.5 Å². The van der Waals surface area contributed by atoms with Crippen molar-refractivity contribution in [3.05, 3.63) is 65.7 Å². The zero-order valence-electron chi connectivity index (χ0n) is 16.7. The fourth-order valence-electron chi connectivity index (χ4n) is 3.66. The first-order valence-corrected chi connectivity index (χ1v) is 9.38. The number of nitrogens with zero attached hydrogens (tertiary/aromatic N) is 6. The molecule has 0 atom stereocenters. The lowest BCUT2D eigenvalue weighted by Crippen LogP contribution is -2.02. The van der Waals surface area contributed by atoms with Gasteiger partial charge in [0, 0.05) is 17.0 Å². The van der Waals surface area contributed by atoms with Crippen LogP contribution in [-0.2, 0) is 0 Å². The second-order valence-electron chi connectivity index (χ2n) is 7.06. The number of hydrogen-bond donors (Lipinski definition) is 0.